The van der Waals surface area contributed by atoms with Crippen molar-refractivity contribution in [3.05, 3.63) is 35.5 Å². The number of allylic oxidation sites excluding steroid dienone is 1. The van der Waals surface area contributed by atoms with Gasteiger partial charge in [-0.15, -0.1) is 0 Å². The summed E-state index contributed by atoms with van der Waals surface area (Å²) in [7, 11) is -2.63. The second kappa shape index (κ2) is 15.3. The lowest BCUT2D eigenvalue weighted by Gasteiger charge is -2.36. The summed E-state index contributed by atoms with van der Waals surface area (Å²) >= 11 is 0. The van der Waals surface area contributed by atoms with Gasteiger partial charge in [0.2, 0.25) is 27.7 Å². The standard InChI is InChI=1S/C39H50F2N6O9S/c1-5-22(2)55-36(51)43-26-12-10-8-6-7-9-11-23-19-39(23,35(50)46-57(52,53)37(3)17-18-37)45-33(48)27-20-38(21-47(27)34(26)49)16-15-24-29-25(13-14-28(44-29)54-4)42-30(32(40)41)31(24)56-38/h9,11,13-14,22-23,26-27,32H,5-8,10,12,15-21H2,1-4H3,(H,43,51)(H,45,48)(H,46,50)/b11-9-/t22?,23-,26+,27+,38-,39-/m1/s1. The highest BCUT2D eigenvalue weighted by Crippen LogP contribution is 2.49. The number of aryl methyl sites for hydroxylation is 1. The van der Waals surface area contributed by atoms with E-state index >= 15 is 0 Å². The normalized spacial score (nSPS) is 29.4. The van der Waals surface area contributed by atoms with Crippen molar-refractivity contribution in [2.75, 3.05) is 13.7 Å². The van der Waals surface area contributed by atoms with Gasteiger partial charge in [0.25, 0.3) is 12.3 Å². The number of halogens is 2. The van der Waals surface area contributed by atoms with E-state index in [0.717, 1.165) is 6.42 Å². The van der Waals surface area contributed by atoms with E-state index in [2.05, 4.69) is 25.3 Å². The van der Waals surface area contributed by atoms with Crippen molar-refractivity contribution >= 4 is 44.9 Å². The topological polar surface area (TPSA) is 195 Å². The zero-order valence-electron chi connectivity index (χ0n) is 32.6. The van der Waals surface area contributed by atoms with Gasteiger partial charge in [-0.2, -0.15) is 0 Å². The molecule has 0 radical (unpaired) electrons. The first-order chi connectivity index (χ1) is 27.0. The largest absolute Gasteiger partial charge is 0.483 e. The van der Waals surface area contributed by atoms with Crippen molar-refractivity contribution in [1.29, 1.82) is 0 Å². The van der Waals surface area contributed by atoms with E-state index in [-0.39, 0.29) is 55.8 Å². The van der Waals surface area contributed by atoms with E-state index in [0.29, 0.717) is 49.6 Å². The van der Waals surface area contributed by atoms with E-state index in [1.165, 1.54) is 24.1 Å². The summed E-state index contributed by atoms with van der Waals surface area (Å²) in [5.41, 5.74) is -2.65. The Hall–Kier alpha value is -4.61. The van der Waals surface area contributed by atoms with Crippen molar-refractivity contribution in [1.82, 2.24) is 30.2 Å². The molecule has 3 fully saturated rings. The van der Waals surface area contributed by atoms with Crippen molar-refractivity contribution < 1.29 is 50.6 Å². The van der Waals surface area contributed by atoms with Gasteiger partial charge in [-0.1, -0.05) is 31.9 Å². The van der Waals surface area contributed by atoms with E-state index in [1.54, 1.807) is 13.8 Å². The Labute approximate surface area is 330 Å². The molecule has 5 aliphatic rings. The number of aromatic nitrogens is 2. The fourth-order valence-electron chi connectivity index (χ4n) is 8.10. The fraction of sp³-hybridized carbons (Fsp3) is 0.641. The molecular weight excluding hydrogens is 767 g/mol. The van der Waals surface area contributed by atoms with Gasteiger partial charge in [-0.05, 0) is 77.7 Å². The highest BCUT2D eigenvalue weighted by atomic mass is 32.2. The van der Waals surface area contributed by atoms with Crippen LogP contribution in [0.5, 0.6) is 11.6 Å². The maximum atomic E-state index is 14.7. The van der Waals surface area contributed by atoms with Crippen LogP contribution < -0.4 is 24.8 Å². The van der Waals surface area contributed by atoms with Gasteiger partial charge in [0.1, 0.15) is 35.0 Å². The quantitative estimate of drug-likeness (QED) is 0.317. The Morgan fingerprint density at radius 3 is 2.60 bits per heavy atom. The third-order valence-electron chi connectivity index (χ3n) is 12.2. The minimum absolute atomic E-state index is 0.127. The van der Waals surface area contributed by atoms with Crippen LogP contribution in [0.25, 0.3) is 11.0 Å². The molecule has 15 nitrogen and oxygen atoms in total. The van der Waals surface area contributed by atoms with Gasteiger partial charge in [-0.25, -0.2) is 32.0 Å². The molecule has 310 valence electrons. The number of hydrogen-bond acceptors (Lipinski definition) is 11. The summed E-state index contributed by atoms with van der Waals surface area (Å²) in [5, 5.41) is 5.54. The molecule has 2 aromatic rings. The van der Waals surface area contributed by atoms with Crippen LogP contribution in [0.4, 0.5) is 13.6 Å². The first-order valence-corrected chi connectivity index (χ1v) is 21.2. The number of ether oxygens (including phenoxy) is 3. The Morgan fingerprint density at radius 1 is 1.12 bits per heavy atom. The van der Waals surface area contributed by atoms with Crippen molar-refractivity contribution in [2.24, 2.45) is 5.92 Å². The molecule has 0 bridgehead atoms. The Bertz CT molecular complexity index is 2100. The average molecular weight is 817 g/mol. The monoisotopic (exact) mass is 816 g/mol. The molecule has 3 N–H and O–H groups in total. The van der Waals surface area contributed by atoms with Crippen LogP contribution >= 0.6 is 0 Å². The van der Waals surface area contributed by atoms with Gasteiger partial charge < -0.3 is 29.7 Å². The average Bonchev–Trinajstić information content (AvgIpc) is 4.07. The van der Waals surface area contributed by atoms with Gasteiger partial charge in [0.05, 0.1) is 29.4 Å². The molecule has 7 rings (SSSR count). The lowest BCUT2D eigenvalue weighted by Crippen LogP contribution is -2.58. The van der Waals surface area contributed by atoms with E-state index in [9.17, 15) is 36.4 Å². The van der Waals surface area contributed by atoms with Crippen LogP contribution in [0.1, 0.15) is 109 Å². The van der Waals surface area contributed by atoms with Crippen LogP contribution in [0.2, 0.25) is 0 Å². The number of carbonyl (C=O) groups excluding carboxylic acids is 4. The summed E-state index contributed by atoms with van der Waals surface area (Å²) in [5.74, 6) is -2.68. The highest BCUT2D eigenvalue weighted by molar-refractivity contribution is 7.91. The van der Waals surface area contributed by atoms with Gasteiger partial charge in [-0.3, -0.25) is 19.1 Å². The van der Waals surface area contributed by atoms with Crippen molar-refractivity contribution in [3.63, 3.8) is 0 Å². The molecule has 1 spiro atoms. The molecule has 4 amide bonds. The first-order valence-electron chi connectivity index (χ1n) is 19.7. The lowest BCUT2D eigenvalue weighted by molar-refractivity contribution is -0.141. The molecule has 2 aliphatic carbocycles. The van der Waals surface area contributed by atoms with Crippen LogP contribution in [-0.2, 0) is 35.6 Å². The van der Waals surface area contributed by atoms with Crippen LogP contribution in [0.3, 0.4) is 0 Å². The number of nitrogens with zero attached hydrogens (tertiary/aromatic N) is 3. The summed E-state index contributed by atoms with van der Waals surface area (Å²) < 4.78 is 74.2. The molecule has 3 aliphatic heterocycles. The molecule has 2 saturated carbocycles. The zero-order chi connectivity index (χ0) is 40.9. The Morgan fingerprint density at radius 2 is 1.89 bits per heavy atom. The molecule has 5 heterocycles. The smallest absolute Gasteiger partial charge is 0.408 e. The second-order valence-corrected chi connectivity index (χ2v) is 18.5. The molecule has 6 atom stereocenters. The number of rotatable bonds is 8. The van der Waals surface area contributed by atoms with Crippen LogP contribution in [-0.4, -0.2) is 94.8 Å². The van der Waals surface area contributed by atoms with Crippen molar-refractivity contribution in [3.8, 4) is 11.6 Å². The number of hydrogen-bond donors (Lipinski definition) is 3. The molecule has 18 heteroatoms. The predicted octanol–water partition coefficient (Wildman–Crippen LogP) is 4.53. The van der Waals surface area contributed by atoms with E-state index < -0.39 is 85.9 Å². The Kier molecular flexibility index (Phi) is 10.9. The molecule has 1 saturated heterocycles. The van der Waals surface area contributed by atoms with E-state index in [1.807, 2.05) is 19.1 Å². The van der Waals surface area contributed by atoms with Gasteiger partial charge in [0.15, 0.2) is 5.75 Å². The number of alkyl halides is 2. The maximum absolute atomic E-state index is 14.7. The second-order valence-electron chi connectivity index (χ2n) is 16.3. The predicted molar refractivity (Wildman–Crippen MR) is 202 cm³/mol. The number of alkyl carbamates (subject to hydrolysis) is 1. The van der Waals surface area contributed by atoms with Gasteiger partial charge >= 0.3 is 6.09 Å². The fourth-order valence-corrected chi connectivity index (χ4v) is 9.41. The highest BCUT2D eigenvalue weighted by Gasteiger charge is 2.64. The summed E-state index contributed by atoms with van der Waals surface area (Å²) in [6.45, 7) is 4.90. The van der Waals surface area contributed by atoms with Gasteiger partial charge in [0, 0.05) is 24.0 Å². The number of amides is 4. The molecule has 2 aromatic heterocycles. The number of fused-ring (bicyclic) bond motifs is 5. The Balaban J connectivity index is 1.26. The minimum Gasteiger partial charge on any atom is -0.483 e. The molecular formula is C39H50F2N6O9S. The lowest BCUT2D eigenvalue weighted by atomic mass is 9.88. The number of pyridine rings is 2. The first kappa shape index (κ1) is 40.6. The number of methoxy groups -OCH3 is 1. The minimum atomic E-state index is -4.06. The number of sulfonamides is 1. The molecule has 57 heavy (non-hydrogen) atoms. The molecule has 1 unspecified atom stereocenters. The third-order valence-corrected chi connectivity index (χ3v) is 14.4. The SMILES string of the molecule is CCC(C)OC(=O)N[C@H]1CCCCC/C=C\[C@@H]2C[C@@]2(C(=O)NS(=O)(=O)C2(C)CC2)NC(=O)[C@@H]2C[C@]3(CCc4c(c(C(F)F)nc5ccc(OC)nc45)O3)CN2C1=O. The maximum Gasteiger partial charge on any atom is 0.408 e. The van der Waals surface area contributed by atoms with Crippen LogP contribution in [0, 0.1) is 5.92 Å². The number of nitrogens with one attached hydrogen (secondary N) is 3. The zero-order valence-corrected chi connectivity index (χ0v) is 33.4. The van der Waals surface area contributed by atoms with Crippen molar-refractivity contribution in [2.45, 2.75) is 138 Å². The number of carbonyl (C=O) groups is 4. The van der Waals surface area contributed by atoms with Crippen LogP contribution in [0.15, 0.2) is 24.3 Å². The van der Waals surface area contributed by atoms with E-state index in [4.69, 9.17) is 14.2 Å². The summed E-state index contributed by atoms with van der Waals surface area (Å²) in [4.78, 5) is 66.2. The molecule has 0 aromatic carbocycles. The summed E-state index contributed by atoms with van der Waals surface area (Å²) in [6, 6.07) is 0.646. The third kappa shape index (κ3) is 7.85. The summed E-state index contributed by atoms with van der Waals surface area (Å²) in [6.07, 6.45) is 3.97.